The van der Waals surface area contributed by atoms with Crippen LogP contribution in [0.25, 0.3) is 0 Å². The summed E-state index contributed by atoms with van der Waals surface area (Å²) in [5.74, 6) is 0.383. The minimum atomic E-state index is -0.128. The summed E-state index contributed by atoms with van der Waals surface area (Å²) in [7, 11) is 1.53. The minimum absolute atomic E-state index is 0.128. The topological polar surface area (TPSA) is 93.0 Å². The van der Waals surface area contributed by atoms with Crippen LogP contribution in [0, 0.1) is 6.92 Å². The van der Waals surface area contributed by atoms with Gasteiger partial charge in [0.1, 0.15) is 5.75 Å². The van der Waals surface area contributed by atoms with Gasteiger partial charge in [-0.1, -0.05) is 0 Å². The average Bonchev–Trinajstić information content (AvgIpc) is 2.89. The van der Waals surface area contributed by atoms with Crippen LogP contribution in [-0.4, -0.2) is 29.8 Å². The Bertz CT molecular complexity index is 622. The van der Waals surface area contributed by atoms with Gasteiger partial charge in [-0.3, -0.25) is 9.89 Å². The number of hydrogen-bond donors (Lipinski definition) is 3. The van der Waals surface area contributed by atoms with Crippen molar-refractivity contribution in [1.82, 2.24) is 15.5 Å². The smallest absolute Gasteiger partial charge is 0.251 e. The molecule has 0 fully saturated rings. The maximum absolute atomic E-state index is 12.0. The zero-order valence-corrected chi connectivity index (χ0v) is 12.3. The molecule has 0 spiro atoms. The second-order valence-electron chi connectivity index (χ2n) is 4.84. The van der Waals surface area contributed by atoms with Gasteiger partial charge >= 0.3 is 0 Å². The predicted octanol–water partition coefficient (Wildman–Crippen LogP) is 1.67. The van der Waals surface area contributed by atoms with E-state index in [1.165, 1.54) is 12.7 Å². The summed E-state index contributed by atoms with van der Waals surface area (Å²) >= 11 is 0. The zero-order chi connectivity index (χ0) is 15.2. The molecule has 0 aliphatic rings. The Kier molecular flexibility index (Phi) is 4.81. The van der Waals surface area contributed by atoms with Gasteiger partial charge in [0.25, 0.3) is 5.91 Å². The lowest BCUT2D eigenvalue weighted by atomic mass is 10.1. The summed E-state index contributed by atoms with van der Waals surface area (Å²) in [6.45, 7) is 2.59. The van der Waals surface area contributed by atoms with Crippen LogP contribution in [0.5, 0.6) is 5.75 Å². The largest absolute Gasteiger partial charge is 0.495 e. The number of aryl methyl sites for hydroxylation is 2. The van der Waals surface area contributed by atoms with Gasteiger partial charge in [-0.2, -0.15) is 5.10 Å². The molecule has 6 nitrogen and oxygen atoms in total. The number of nitrogen functional groups attached to an aromatic ring is 1. The highest BCUT2D eigenvalue weighted by atomic mass is 16.5. The number of aromatic amines is 1. The normalized spacial score (nSPS) is 10.4. The van der Waals surface area contributed by atoms with Crippen LogP contribution >= 0.6 is 0 Å². The molecule has 1 aromatic heterocycles. The Labute approximate surface area is 123 Å². The molecule has 21 heavy (non-hydrogen) atoms. The SMILES string of the molecule is COc1cc(C(=O)NCCCc2cn[nH]c2C)ccc1N. The molecule has 0 radical (unpaired) electrons. The van der Waals surface area contributed by atoms with Crippen LogP contribution in [0.15, 0.2) is 24.4 Å². The first-order valence-electron chi connectivity index (χ1n) is 6.82. The van der Waals surface area contributed by atoms with Gasteiger partial charge in [-0.15, -0.1) is 0 Å². The van der Waals surface area contributed by atoms with Crippen LogP contribution < -0.4 is 15.8 Å². The fourth-order valence-corrected chi connectivity index (χ4v) is 2.06. The number of aromatic nitrogens is 2. The van der Waals surface area contributed by atoms with Gasteiger partial charge in [-0.05, 0) is 43.5 Å². The van der Waals surface area contributed by atoms with Crippen molar-refractivity contribution in [3.63, 3.8) is 0 Å². The van der Waals surface area contributed by atoms with Crippen molar-refractivity contribution in [2.75, 3.05) is 19.4 Å². The van der Waals surface area contributed by atoms with Gasteiger partial charge < -0.3 is 15.8 Å². The molecule has 1 amide bonds. The maximum atomic E-state index is 12.0. The highest BCUT2D eigenvalue weighted by molar-refractivity contribution is 5.95. The summed E-state index contributed by atoms with van der Waals surface area (Å²) in [5, 5.41) is 9.76. The number of amides is 1. The van der Waals surface area contributed by atoms with Crippen LogP contribution in [0.4, 0.5) is 5.69 Å². The van der Waals surface area contributed by atoms with Crippen molar-refractivity contribution >= 4 is 11.6 Å². The number of carbonyl (C=O) groups is 1. The number of nitrogens with two attached hydrogens (primary N) is 1. The molecule has 0 bridgehead atoms. The monoisotopic (exact) mass is 288 g/mol. The summed E-state index contributed by atoms with van der Waals surface area (Å²) in [6, 6.07) is 5.00. The lowest BCUT2D eigenvalue weighted by Crippen LogP contribution is -2.24. The molecule has 2 aromatic rings. The van der Waals surface area contributed by atoms with Crippen molar-refractivity contribution in [3.05, 3.63) is 41.2 Å². The molecule has 0 unspecified atom stereocenters. The van der Waals surface area contributed by atoms with Gasteiger partial charge in [0.2, 0.25) is 0 Å². The molecule has 0 saturated carbocycles. The lowest BCUT2D eigenvalue weighted by molar-refractivity contribution is 0.0953. The number of benzene rings is 1. The van der Waals surface area contributed by atoms with Crippen molar-refractivity contribution < 1.29 is 9.53 Å². The number of nitrogens with zero attached hydrogens (tertiary/aromatic N) is 1. The van der Waals surface area contributed by atoms with E-state index in [2.05, 4.69) is 15.5 Å². The van der Waals surface area contributed by atoms with Crippen molar-refractivity contribution in [2.24, 2.45) is 0 Å². The number of methoxy groups -OCH3 is 1. The number of carbonyl (C=O) groups excluding carboxylic acids is 1. The average molecular weight is 288 g/mol. The Hall–Kier alpha value is -2.50. The van der Waals surface area contributed by atoms with Gasteiger partial charge in [0.15, 0.2) is 0 Å². The van der Waals surface area contributed by atoms with Crippen LogP contribution in [0.1, 0.15) is 28.0 Å². The molecule has 0 aliphatic carbocycles. The van der Waals surface area contributed by atoms with E-state index in [-0.39, 0.29) is 5.91 Å². The van der Waals surface area contributed by atoms with E-state index in [9.17, 15) is 4.79 Å². The second-order valence-corrected chi connectivity index (χ2v) is 4.84. The number of ether oxygens (including phenoxy) is 1. The van der Waals surface area contributed by atoms with Crippen molar-refractivity contribution in [2.45, 2.75) is 19.8 Å². The first-order chi connectivity index (χ1) is 10.1. The fraction of sp³-hybridized carbons (Fsp3) is 0.333. The van der Waals surface area contributed by atoms with Crippen LogP contribution in [-0.2, 0) is 6.42 Å². The van der Waals surface area contributed by atoms with Crippen molar-refractivity contribution in [3.8, 4) is 5.75 Å². The summed E-state index contributed by atoms with van der Waals surface area (Å²) in [4.78, 5) is 12.0. The molecule has 112 valence electrons. The molecular weight excluding hydrogens is 268 g/mol. The molecule has 1 heterocycles. The number of H-pyrrole nitrogens is 1. The third kappa shape index (κ3) is 3.75. The quantitative estimate of drug-likeness (QED) is 0.557. The van der Waals surface area contributed by atoms with E-state index in [1.54, 1.807) is 18.2 Å². The molecular formula is C15H20N4O2. The number of hydrogen-bond acceptors (Lipinski definition) is 4. The Morgan fingerprint density at radius 1 is 1.48 bits per heavy atom. The zero-order valence-electron chi connectivity index (χ0n) is 12.3. The van der Waals surface area contributed by atoms with Gasteiger partial charge in [0, 0.05) is 17.8 Å². The van der Waals surface area contributed by atoms with E-state index >= 15 is 0 Å². The van der Waals surface area contributed by atoms with Crippen LogP contribution in [0.3, 0.4) is 0 Å². The predicted molar refractivity (Wildman–Crippen MR) is 81.4 cm³/mol. The second kappa shape index (κ2) is 6.78. The summed E-state index contributed by atoms with van der Waals surface area (Å²) in [6.07, 6.45) is 3.56. The van der Waals surface area contributed by atoms with Crippen LogP contribution in [0.2, 0.25) is 0 Å². The van der Waals surface area contributed by atoms with Gasteiger partial charge in [0.05, 0.1) is 19.0 Å². The molecule has 6 heteroatoms. The molecule has 4 N–H and O–H groups in total. The molecule has 1 aromatic carbocycles. The summed E-state index contributed by atoms with van der Waals surface area (Å²) in [5.41, 5.74) is 9.04. The minimum Gasteiger partial charge on any atom is -0.495 e. The molecule has 0 aliphatic heterocycles. The standard InChI is InChI=1S/C15H20N4O2/c1-10-12(9-18-19-10)4-3-7-17-15(20)11-5-6-13(16)14(8-11)21-2/h5-6,8-9H,3-4,7,16H2,1-2H3,(H,17,20)(H,18,19). The van der Waals surface area contributed by atoms with E-state index < -0.39 is 0 Å². The van der Waals surface area contributed by atoms with E-state index in [1.807, 2.05) is 13.1 Å². The fourth-order valence-electron chi connectivity index (χ4n) is 2.06. The number of nitrogens with one attached hydrogen (secondary N) is 2. The Balaban J connectivity index is 1.83. The summed E-state index contributed by atoms with van der Waals surface area (Å²) < 4.78 is 5.11. The molecule has 0 atom stereocenters. The Morgan fingerprint density at radius 2 is 2.29 bits per heavy atom. The van der Waals surface area contributed by atoms with Crippen molar-refractivity contribution in [1.29, 1.82) is 0 Å². The third-order valence-electron chi connectivity index (χ3n) is 3.34. The highest BCUT2D eigenvalue weighted by Gasteiger charge is 2.08. The first-order valence-corrected chi connectivity index (χ1v) is 6.82. The molecule has 2 rings (SSSR count). The van der Waals surface area contributed by atoms with E-state index in [4.69, 9.17) is 10.5 Å². The number of anilines is 1. The lowest BCUT2D eigenvalue weighted by Gasteiger charge is -2.08. The first kappa shape index (κ1) is 14.9. The molecule has 0 saturated heterocycles. The third-order valence-corrected chi connectivity index (χ3v) is 3.34. The van der Waals surface area contributed by atoms with E-state index in [0.717, 1.165) is 18.5 Å². The van der Waals surface area contributed by atoms with E-state index in [0.29, 0.717) is 23.5 Å². The van der Waals surface area contributed by atoms with Gasteiger partial charge in [-0.25, -0.2) is 0 Å². The number of rotatable bonds is 6. The maximum Gasteiger partial charge on any atom is 0.251 e. The Morgan fingerprint density at radius 3 is 2.95 bits per heavy atom. The highest BCUT2D eigenvalue weighted by Crippen LogP contribution is 2.21.